The summed E-state index contributed by atoms with van der Waals surface area (Å²) in [6.45, 7) is 1.50. The molecule has 0 radical (unpaired) electrons. The molecule has 1 saturated heterocycles. The van der Waals surface area contributed by atoms with E-state index in [-0.39, 0.29) is 13.2 Å². The first-order valence-electron chi connectivity index (χ1n) is 10.8. The fraction of sp³-hybridized carbons (Fsp3) is 0.192. The molecule has 3 aromatic carbocycles. The van der Waals surface area contributed by atoms with Gasteiger partial charge in [-0.15, -0.1) is 0 Å². The molecule has 1 atom stereocenters. The molecule has 3 aromatic rings. The Hall–Kier alpha value is -4.20. The third-order valence-corrected chi connectivity index (χ3v) is 5.65. The van der Waals surface area contributed by atoms with Gasteiger partial charge in [-0.3, -0.25) is 14.5 Å². The van der Waals surface area contributed by atoms with E-state index in [1.165, 1.54) is 31.2 Å². The van der Waals surface area contributed by atoms with Crippen LogP contribution < -0.4 is 15.4 Å². The number of rotatable bonds is 8. The second-order valence-corrected chi connectivity index (χ2v) is 8.01. The predicted molar refractivity (Wildman–Crippen MR) is 124 cm³/mol. The van der Waals surface area contributed by atoms with Gasteiger partial charge in [-0.1, -0.05) is 60.7 Å². The summed E-state index contributed by atoms with van der Waals surface area (Å²) in [5.41, 5.74) is 1.02. The van der Waals surface area contributed by atoms with E-state index in [1.807, 2.05) is 54.6 Å². The SMILES string of the molecule is CC1(c2ccc(F)cc2)NC(=O)N(CC(=O)NCCOc2ccccc2-c2ccccc2)C1=O. The molecule has 4 rings (SSSR count). The van der Waals surface area contributed by atoms with Crippen molar-refractivity contribution in [1.82, 2.24) is 15.5 Å². The number of carbonyl (C=O) groups is 3. The van der Waals surface area contributed by atoms with Crippen LogP contribution in [0.15, 0.2) is 78.9 Å². The van der Waals surface area contributed by atoms with Crippen molar-refractivity contribution in [1.29, 1.82) is 0 Å². The largest absolute Gasteiger partial charge is 0.491 e. The lowest BCUT2D eigenvalue weighted by molar-refractivity contribution is -0.134. The number of nitrogens with zero attached hydrogens (tertiary/aromatic N) is 1. The van der Waals surface area contributed by atoms with Gasteiger partial charge in [0.2, 0.25) is 5.91 Å². The minimum atomic E-state index is -1.37. The summed E-state index contributed by atoms with van der Waals surface area (Å²) in [5.74, 6) is -0.833. The van der Waals surface area contributed by atoms with Crippen molar-refractivity contribution in [2.45, 2.75) is 12.5 Å². The molecule has 174 valence electrons. The zero-order valence-electron chi connectivity index (χ0n) is 18.6. The Labute approximate surface area is 196 Å². The highest BCUT2D eigenvalue weighted by Gasteiger charge is 2.49. The number of urea groups is 1. The van der Waals surface area contributed by atoms with Crippen LogP contribution in [-0.2, 0) is 15.1 Å². The van der Waals surface area contributed by atoms with Gasteiger partial charge in [0.1, 0.15) is 30.3 Å². The Morgan fingerprint density at radius 3 is 2.41 bits per heavy atom. The van der Waals surface area contributed by atoms with Crippen LogP contribution in [0.4, 0.5) is 9.18 Å². The Kier molecular flexibility index (Phi) is 6.58. The third kappa shape index (κ3) is 4.76. The van der Waals surface area contributed by atoms with Crippen LogP contribution in [-0.4, -0.2) is 42.4 Å². The first kappa shape index (κ1) is 23.0. The van der Waals surface area contributed by atoms with Crippen LogP contribution in [0.2, 0.25) is 0 Å². The fourth-order valence-electron chi connectivity index (χ4n) is 3.82. The monoisotopic (exact) mass is 461 g/mol. The van der Waals surface area contributed by atoms with Crippen LogP contribution in [0.25, 0.3) is 11.1 Å². The topological polar surface area (TPSA) is 87.7 Å². The summed E-state index contributed by atoms with van der Waals surface area (Å²) in [4.78, 5) is 38.5. The number of hydrogen-bond donors (Lipinski definition) is 2. The van der Waals surface area contributed by atoms with Crippen molar-refractivity contribution in [3.63, 3.8) is 0 Å². The standard InChI is InChI=1S/C26H24FN3O4/c1-26(19-11-13-20(27)14-12-19)24(32)30(25(33)29-26)17-23(31)28-15-16-34-22-10-6-5-9-21(22)18-7-3-2-4-8-18/h2-14H,15-17H2,1H3,(H,28,31)(H,29,33). The van der Waals surface area contributed by atoms with E-state index < -0.39 is 35.7 Å². The average Bonchev–Trinajstić information content (AvgIpc) is 3.06. The first-order valence-corrected chi connectivity index (χ1v) is 10.8. The molecule has 1 unspecified atom stereocenters. The quantitative estimate of drug-likeness (QED) is 0.397. The molecule has 4 amide bonds. The number of nitrogens with one attached hydrogen (secondary N) is 2. The number of halogens is 1. The Balaban J connectivity index is 1.31. The molecular formula is C26H24FN3O4. The summed E-state index contributed by atoms with van der Waals surface area (Å²) in [6.07, 6.45) is 0. The zero-order chi connectivity index (χ0) is 24.1. The molecule has 8 heteroatoms. The summed E-state index contributed by atoms with van der Waals surface area (Å²) >= 11 is 0. The molecule has 0 spiro atoms. The highest BCUT2D eigenvalue weighted by molar-refractivity contribution is 6.09. The molecule has 1 aliphatic heterocycles. The minimum Gasteiger partial charge on any atom is -0.491 e. The second-order valence-electron chi connectivity index (χ2n) is 8.01. The molecule has 2 N–H and O–H groups in total. The molecule has 1 heterocycles. The number of amides is 4. The Morgan fingerprint density at radius 1 is 1.00 bits per heavy atom. The van der Waals surface area contributed by atoms with Gasteiger partial charge in [-0.2, -0.15) is 0 Å². The molecule has 1 fully saturated rings. The number of benzene rings is 3. The normalized spacial score (nSPS) is 17.4. The van der Waals surface area contributed by atoms with Crippen LogP contribution in [0.5, 0.6) is 5.75 Å². The molecule has 7 nitrogen and oxygen atoms in total. The molecular weight excluding hydrogens is 437 g/mol. The maximum absolute atomic E-state index is 13.2. The van der Waals surface area contributed by atoms with E-state index in [9.17, 15) is 18.8 Å². The van der Waals surface area contributed by atoms with Crippen LogP contribution in [0.1, 0.15) is 12.5 Å². The average molecular weight is 461 g/mol. The molecule has 0 saturated carbocycles. The van der Waals surface area contributed by atoms with E-state index in [0.717, 1.165) is 16.0 Å². The van der Waals surface area contributed by atoms with Gasteiger partial charge < -0.3 is 15.4 Å². The highest BCUT2D eigenvalue weighted by atomic mass is 19.1. The third-order valence-electron chi connectivity index (χ3n) is 5.65. The summed E-state index contributed by atoms with van der Waals surface area (Å²) in [5, 5.41) is 5.26. The Morgan fingerprint density at radius 2 is 1.68 bits per heavy atom. The van der Waals surface area contributed by atoms with Crippen LogP contribution in [0, 0.1) is 5.82 Å². The smallest absolute Gasteiger partial charge is 0.325 e. The second kappa shape index (κ2) is 9.74. The van der Waals surface area contributed by atoms with Gasteiger partial charge in [0, 0.05) is 5.56 Å². The molecule has 0 bridgehead atoms. The number of carbonyl (C=O) groups excluding carboxylic acids is 3. The lowest BCUT2D eigenvalue weighted by Gasteiger charge is -2.22. The molecule has 34 heavy (non-hydrogen) atoms. The van der Waals surface area contributed by atoms with Crippen molar-refractivity contribution < 1.29 is 23.5 Å². The maximum Gasteiger partial charge on any atom is 0.325 e. The summed E-state index contributed by atoms with van der Waals surface area (Å²) in [6, 6.07) is 22.0. The first-order chi connectivity index (χ1) is 16.4. The number of imide groups is 1. The lowest BCUT2D eigenvalue weighted by atomic mass is 9.92. The minimum absolute atomic E-state index is 0.195. The van der Waals surface area contributed by atoms with Gasteiger partial charge >= 0.3 is 6.03 Å². The predicted octanol–water partition coefficient (Wildman–Crippen LogP) is 3.45. The van der Waals surface area contributed by atoms with Gasteiger partial charge in [-0.25, -0.2) is 9.18 Å². The zero-order valence-corrected chi connectivity index (χ0v) is 18.6. The van der Waals surface area contributed by atoms with Crippen LogP contribution >= 0.6 is 0 Å². The lowest BCUT2D eigenvalue weighted by Crippen LogP contribution is -2.43. The fourth-order valence-corrected chi connectivity index (χ4v) is 3.82. The summed E-state index contributed by atoms with van der Waals surface area (Å²) in [7, 11) is 0. The molecule has 0 aliphatic carbocycles. The Bertz CT molecular complexity index is 1200. The van der Waals surface area contributed by atoms with Gasteiger partial charge in [-0.05, 0) is 36.2 Å². The number of para-hydroxylation sites is 1. The van der Waals surface area contributed by atoms with E-state index >= 15 is 0 Å². The maximum atomic E-state index is 13.2. The molecule has 0 aromatic heterocycles. The van der Waals surface area contributed by atoms with Crippen molar-refractivity contribution >= 4 is 17.8 Å². The van der Waals surface area contributed by atoms with E-state index in [2.05, 4.69) is 10.6 Å². The van der Waals surface area contributed by atoms with Gasteiger partial charge in [0.05, 0.1) is 6.54 Å². The number of hydrogen-bond acceptors (Lipinski definition) is 4. The van der Waals surface area contributed by atoms with E-state index in [1.54, 1.807) is 0 Å². The van der Waals surface area contributed by atoms with Crippen molar-refractivity contribution in [3.05, 3.63) is 90.2 Å². The van der Waals surface area contributed by atoms with E-state index in [0.29, 0.717) is 11.3 Å². The number of ether oxygens (including phenoxy) is 1. The highest BCUT2D eigenvalue weighted by Crippen LogP contribution is 2.30. The van der Waals surface area contributed by atoms with E-state index in [4.69, 9.17) is 4.74 Å². The van der Waals surface area contributed by atoms with Gasteiger partial charge in [0.25, 0.3) is 5.91 Å². The van der Waals surface area contributed by atoms with Crippen molar-refractivity contribution in [2.24, 2.45) is 0 Å². The van der Waals surface area contributed by atoms with Crippen molar-refractivity contribution in [2.75, 3.05) is 19.7 Å². The van der Waals surface area contributed by atoms with Gasteiger partial charge in [0.15, 0.2) is 0 Å². The van der Waals surface area contributed by atoms with Crippen LogP contribution in [0.3, 0.4) is 0 Å². The summed E-state index contributed by atoms with van der Waals surface area (Å²) < 4.78 is 19.1. The van der Waals surface area contributed by atoms with Crippen molar-refractivity contribution in [3.8, 4) is 16.9 Å². The molecule has 1 aliphatic rings.